The minimum atomic E-state index is -4.57. The normalized spacial score (nSPS) is 14.0. The molecule has 7 heteroatoms. The smallest absolute Gasteiger partial charge is 0.419 e. The van der Waals surface area contributed by atoms with Crippen molar-refractivity contribution < 1.29 is 23.0 Å². The fraction of sp³-hybridized carbons (Fsp3) is 0.167. The van der Waals surface area contributed by atoms with Gasteiger partial charge in [0, 0.05) is 6.42 Å². The predicted molar refractivity (Wildman–Crippen MR) is 87.9 cm³/mol. The summed E-state index contributed by atoms with van der Waals surface area (Å²) in [7, 11) is 0. The van der Waals surface area contributed by atoms with Crippen molar-refractivity contribution in [3.63, 3.8) is 0 Å². The van der Waals surface area contributed by atoms with E-state index in [-0.39, 0.29) is 17.2 Å². The van der Waals surface area contributed by atoms with E-state index in [4.69, 9.17) is 4.74 Å². The number of nitrogens with zero attached hydrogens (tertiary/aromatic N) is 1. The summed E-state index contributed by atoms with van der Waals surface area (Å²) in [6.45, 7) is 0.623. The lowest BCUT2D eigenvalue weighted by atomic mass is 10.0. The van der Waals surface area contributed by atoms with E-state index in [2.05, 4.69) is 10.5 Å². The highest BCUT2D eigenvalue weighted by molar-refractivity contribution is 5.96. The van der Waals surface area contributed by atoms with Crippen LogP contribution in [0.25, 0.3) is 0 Å². The van der Waals surface area contributed by atoms with Crippen molar-refractivity contribution in [3.8, 4) is 17.2 Å². The number of halogens is 3. The molecule has 2 aromatic carbocycles. The lowest BCUT2D eigenvalue weighted by Crippen LogP contribution is -2.16. The number of aromatic hydroxyl groups is 1. The maximum atomic E-state index is 13.3. The zero-order chi connectivity index (χ0) is 17.9. The Hall–Kier alpha value is -2.96. The Balaban J connectivity index is 1.94. The summed E-state index contributed by atoms with van der Waals surface area (Å²) in [5, 5.41) is 13.9. The van der Waals surface area contributed by atoms with Crippen molar-refractivity contribution >= 4 is 5.71 Å². The average Bonchev–Trinajstić information content (AvgIpc) is 2.57. The Bertz CT molecular complexity index is 829. The number of nitrogens with one attached hydrogen (secondary N) is 1. The molecular weight excluding hydrogens is 333 g/mol. The van der Waals surface area contributed by atoms with Gasteiger partial charge in [-0.1, -0.05) is 24.3 Å². The van der Waals surface area contributed by atoms with Crippen LogP contribution in [0.2, 0.25) is 0 Å². The minimum absolute atomic E-state index is 0.0401. The molecule has 1 aliphatic heterocycles. The first kappa shape index (κ1) is 16.9. The second kappa shape index (κ2) is 6.88. The van der Waals surface area contributed by atoms with Gasteiger partial charge in [-0.15, -0.1) is 0 Å². The summed E-state index contributed by atoms with van der Waals surface area (Å²) in [5.74, 6) is -0.633. The largest absolute Gasteiger partial charge is 0.504 e. The quantitative estimate of drug-likeness (QED) is 0.868. The van der Waals surface area contributed by atoms with Crippen molar-refractivity contribution in [1.29, 1.82) is 0 Å². The van der Waals surface area contributed by atoms with Crippen LogP contribution < -0.4 is 10.2 Å². The zero-order valence-electron chi connectivity index (χ0n) is 13.0. The van der Waals surface area contributed by atoms with Crippen LogP contribution in [-0.4, -0.2) is 17.4 Å². The Morgan fingerprint density at radius 1 is 1.12 bits per heavy atom. The molecule has 0 aromatic heterocycles. The van der Waals surface area contributed by atoms with Crippen molar-refractivity contribution in [3.05, 3.63) is 65.7 Å². The molecule has 25 heavy (non-hydrogen) atoms. The lowest BCUT2D eigenvalue weighted by Gasteiger charge is -2.16. The summed E-state index contributed by atoms with van der Waals surface area (Å²) in [4.78, 5) is 0. The number of para-hydroxylation sites is 2. The van der Waals surface area contributed by atoms with Crippen LogP contribution in [0, 0.1) is 0 Å². The van der Waals surface area contributed by atoms with Gasteiger partial charge in [-0.2, -0.15) is 18.3 Å². The van der Waals surface area contributed by atoms with Crippen LogP contribution >= 0.6 is 0 Å². The standard InChI is InChI=1S/C18H15F3N2O2/c19-18(20,21)14-8-7-12(10-13-4-3-9-22-23-13)11-17(14)25-16-6-2-1-5-15(16)24/h1-8,11,22,24H,9-10H2. The SMILES string of the molecule is Oc1ccccc1Oc1cc(CC2=NNCC=C2)ccc1C(F)(F)F. The number of hydrazone groups is 1. The van der Waals surface area contributed by atoms with Crippen molar-refractivity contribution in [2.45, 2.75) is 12.6 Å². The number of phenolic OH excluding ortho intramolecular Hbond substituents is 1. The number of ether oxygens (including phenoxy) is 1. The Morgan fingerprint density at radius 2 is 1.92 bits per heavy atom. The second-order valence-electron chi connectivity index (χ2n) is 5.44. The minimum Gasteiger partial charge on any atom is -0.504 e. The third-order valence-electron chi connectivity index (χ3n) is 3.56. The molecule has 0 aliphatic carbocycles. The topological polar surface area (TPSA) is 53.9 Å². The van der Waals surface area contributed by atoms with Gasteiger partial charge in [0.1, 0.15) is 5.75 Å². The maximum absolute atomic E-state index is 13.3. The Kier molecular flexibility index (Phi) is 4.65. The molecule has 0 fully saturated rings. The van der Waals surface area contributed by atoms with Gasteiger partial charge < -0.3 is 15.3 Å². The number of phenols is 1. The van der Waals surface area contributed by atoms with Crippen molar-refractivity contribution in [2.75, 3.05) is 6.54 Å². The molecule has 0 radical (unpaired) electrons. The molecule has 2 N–H and O–H groups in total. The van der Waals surface area contributed by atoms with E-state index in [9.17, 15) is 18.3 Å². The highest BCUT2D eigenvalue weighted by atomic mass is 19.4. The number of allylic oxidation sites excluding steroid dienone is 1. The second-order valence-corrected chi connectivity index (χ2v) is 5.44. The molecule has 3 rings (SSSR count). The molecule has 0 amide bonds. The summed E-state index contributed by atoms with van der Waals surface area (Å²) in [6, 6.07) is 9.57. The summed E-state index contributed by atoms with van der Waals surface area (Å²) in [6.07, 6.45) is -0.510. The van der Waals surface area contributed by atoms with E-state index in [1.807, 2.05) is 12.2 Å². The molecule has 0 bridgehead atoms. The van der Waals surface area contributed by atoms with Crippen molar-refractivity contribution in [1.82, 2.24) is 5.43 Å². The third kappa shape index (κ3) is 4.12. The molecule has 0 saturated carbocycles. The van der Waals surface area contributed by atoms with Gasteiger partial charge >= 0.3 is 6.18 Å². The molecule has 1 aliphatic rings. The third-order valence-corrected chi connectivity index (χ3v) is 3.56. The number of alkyl halides is 3. The molecule has 130 valence electrons. The average molecular weight is 348 g/mol. The van der Waals surface area contributed by atoms with E-state index in [1.54, 1.807) is 12.1 Å². The fourth-order valence-corrected chi connectivity index (χ4v) is 2.40. The molecular formula is C18H15F3N2O2. The number of rotatable bonds is 4. The number of hydrogen-bond donors (Lipinski definition) is 2. The van der Waals surface area contributed by atoms with Crippen LogP contribution in [-0.2, 0) is 12.6 Å². The molecule has 0 saturated heterocycles. The first-order valence-electron chi connectivity index (χ1n) is 7.55. The molecule has 0 atom stereocenters. The van der Waals surface area contributed by atoms with E-state index in [0.717, 1.165) is 6.07 Å². The summed E-state index contributed by atoms with van der Waals surface area (Å²) < 4.78 is 45.1. The van der Waals surface area contributed by atoms with Crippen LogP contribution in [0.1, 0.15) is 11.1 Å². The van der Waals surface area contributed by atoms with Crippen LogP contribution in [0.15, 0.2) is 59.7 Å². The molecule has 2 aromatic rings. The van der Waals surface area contributed by atoms with Gasteiger partial charge in [-0.05, 0) is 35.9 Å². The molecule has 0 unspecified atom stereocenters. The van der Waals surface area contributed by atoms with Gasteiger partial charge in [-0.25, -0.2) is 0 Å². The van der Waals surface area contributed by atoms with Gasteiger partial charge in [0.05, 0.1) is 17.8 Å². The van der Waals surface area contributed by atoms with Crippen molar-refractivity contribution in [2.24, 2.45) is 5.10 Å². The summed E-state index contributed by atoms with van der Waals surface area (Å²) in [5.41, 5.74) is 3.23. The van der Waals surface area contributed by atoms with E-state index in [0.29, 0.717) is 24.2 Å². The van der Waals surface area contributed by atoms with E-state index >= 15 is 0 Å². The molecule has 4 nitrogen and oxygen atoms in total. The van der Waals surface area contributed by atoms with E-state index in [1.165, 1.54) is 24.3 Å². The predicted octanol–water partition coefficient (Wildman–Crippen LogP) is 4.26. The van der Waals surface area contributed by atoms with E-state index < -0.39 is 11.7 Å². The monoisotopic (exact) mass is 348 g/mol. The first-order chi connectivity index (χ1) is 11.9. The fourth-order valence-electron chi connectivity index (χ4n) is 2.40. The first-order valence-corrected chi connectivity index (χ1v) is 7.55. The van der Waals surface area contributed by atoms with Crippen LogP contribution in [0.4, 0.5) is 13.2 Å². The van der Waals surface area contributed by atoms with Crippen LogP contribution in [0.5, 0.6) is 17.2 Å². The Labute approximate surface area is 142 Å². The zero-order valence-corrected chi connectivity index (χ0v) is 13.0. The maximum Gasteiger partial charge on any atom is 0.419 e. The Morgan fingerprint density at radius 3 is 2.60 bits per heavy atom. The molecule has 1 heterocycles. The van der Waals surface area contributed by atoms with Crippen LogP contribution in [0.3, 0.4) is 0 Å². The number of benzene rings is 2. The highest BCUT2D eigenvalue weighted by Gasteiger charge is 2.34. The van der Waals surface area contributed by atoms with Gasteiger partial charge in [-0.3, -0.25) is 0 Å². The lowest BCUT2D eigenvalue weighted by molar-refractivity contribution is -0.138. The van der Waals surface area contributed by atoms with Gasteiger partial charge in [0.15, 0.2) is 11.5 Å². The molecule has 0 spiro atoms. The number of hydrogen-bond acceptors (Lipinski definition) is 4. The summed E-state index contributed by atoms with van der Waals surface area (Å²) >= 11 is 0. The van der Waals surface area contributed by atoms with Gasteiger partial charge in [0.25, 0.3) is 0 Å². The highest BCUT2D eigenvalue weighted by Crippen LogP contribution is 2.40. The van der Waals surface area contributed by atoms with Gasteiger partial charge in [0.2, 0.25) is 0 Å².